The summed E-state index contributed by atoms with van der Waals surface area (Å²) in [4.78, 5) is 30.5. The first-order valence-corrected chi connectivity index (χ1v) is 14.0. The van der Waals surface area contributed by atoms with Crippen molar-refractivity contribution in [3.05, 3.63) is 79.1 Å². The molecule has 10 heteroatoms. The molecule has 0 aliphatic rings. The van der Waals surface area contributed by atoms with Crippen LogP contribution in [0.5, 0.6) is 17.2 Å². The summed E-state index contributed by atoms with van der Waals surface area (Å²) in [5.74, 6) is 1.70. The van der Waals surface area contributed by atoms with Crippen molar-refractivity contribution < 1.29 is 23.7 Å². The predicted octanol–water partition coefficient (Wildman–Crippen LogP) is 5.94. The fourth-order valence-corrected chi connectivity index (χ4v) is 5.17. The number of esters is 1. The van der Waals surface area contributed by atoms with Gasteiger partial charge in [-0.05, 0) is 95.4 Å². The summed E-state index contributed by atoms with van der Waals surface area (Å²) in [6.45, 7) is 7.73. The van der Waals surface area contributed by atoms with Gasteiger partial charge < -0.3 is 18.9 Å². The van der Waals surface area contributed by atoms with Gasteiger partial charge in [0.1, 0.15) is 5.75 Å². The molecule has 0 N–H and O–H groups in total. The summed E-state index contributed by atoms with van der Waals surface area (Å²) in [5, 5.41) is 5.08. The minimum Gasteiger partial charge on any atom is -0.496 e. The Morgan fingerprint density at radius 3 is 2.39 bits per heavy atom. The Morgan fingerprint density at radius 1 is 1.02 bits per heavy atom. The molecule has 1 heterocycles. The Morgan fingerprint density at radius 2 is 1.73 bits per heavy atom. The van der Waals surface area contributed by atoms with E-state index in [4.69, 9.17) is 23.9 Å². The molecule has 214 valence electrons. The monoisotopic (exact) mass is 669 g/mol. The third-order valence-corrected chi connectivity index (χ3v) is 7.40. The number of hydrogen-bond acceptors (Lipinski definition) is 8. The zero-order chi connectivity index (χ0) is 29.8. The minimum absolute atomic E-state index is 0.186. The van der Waals surface area contributed by atoms with Crippen LogP contribution in [0.3, 0.4) is 0 Å². The van der Waals surface area contributed by atoms with Crippen LogP contribution in [0.2, 0.25) is 0 Å². The van der Waals surface area contributed by atoms with Crippen LogP contribution in [0.25, 0.3) is 22.3 Å². The van der Waals surface area contributed by atoms with E-state index in [-0.39, 0.29) is 11.5 Å². The minimum atomic E-state index is -0.824. The number of carbonyl (C=O) groups excluding carboxylic acids is 1. The first-order chi connectivity index (χ1) is 19.6. The van der Waals surface area contributed by atoms with Crippen molar-refractivity contribution in [1.29, 1.82) is 0 Å². The molecule has 4 rings (SSSR count). The van der Waals surface area contributed by atoms with E-state index in [1.807, 2.05) is 37.3 Å². The van der Waals surface area contributed by atoms with E-state index in [0.717, 1.165) is 22.4 Å². The second kappa shape index (κ2) is 12.7. The lowest BCUT2D eigenvalue weighted by atomic mass is 9.96. The maximum Gasteiger partial charge on any atom is 0.346 e. The van der Waals surface area contributed by atoms with Crippen molar-refractivity contribution in [1.82, 2.24) is 9.66 Å². The summed E-state index contributed by atoms with van der Waals surface area (Å²) < 4.78 is 23.8. The molecule has 0 fully saturated rings. The van der Waals surface area contributed by atoms with E-state index in [0.29, 0.717) is 37.4 Å². The molecule has 1 aromatic heterocycles. The van der Waals surface area contributed by atoms with Crippen molar-refractivity contribution >= 4 is 45.7 Å². The second-order valence-corrected chi connectivity index (χ2v) is 10.9. The molecule has 41 heavy (non-hydrogen) atoms. The normalized spacial score (nSPS) is 12.1. The van der Waals surface area contributed by atoms with Crippen molar-refractivity contribution in [2.45, 2.75) is 39.7 Å². The van der Waals surface area contributed by atoms with Crippen molar-refractivity contribution in [3.63, 3.8) is 0 Å². The van der Waals surface area contributed by atoms with E-state index in [1.165, 1.54) is 18.9 Å². The number of fused-ring (bicyclic) bond motifs is 1. The number of rotatable bonds is 9. The van der Waals surface area contributed by atoms with Gasteiger partial charge in [-0.3, -0.25) is 4.79 Å². The average Bonchev–Trinajstić information content (AvgIpc) is 2.96. The highest BCUT2D eigenvalue weighted by Crippen LogP contribution is 2.36. The summed E-state index contributed by atoms with van der Waals surface area (Å²) in [5.41, 5.74) is 3.62. The van der Waals surface area contributed by atoms with Crippen LogP contribution in [0.1, 0.15) is 43.4 Å². The fourth-order valence-electron chi connectivity index (χ4n) is 4.42. The molecule has 0 bridgehead atoms. The molecule has 9 nitrogen and oxygen atoms in total. The lowest BCUT2D eigenvalue weighted by Crippen LogP contribution is -2.25. The summed E-state index contributed by atoms with van der Waals surface area (Å²) in [6.07, 6.45) is 0.747. The van der Waals surface area contributed by atoms with E-state index in [2.05, 4.69) is 41.5 Å². The maximum atomic E-state index is 13.7. The summed E-state index contributed by atoms with van der Waals surface area (Å²) >= 11 is 2.10. The standard InChI is InChI=1S/C31H32IN3O6/c1-17(2)22-15-23(18(3)12-26(22)38-5)29-34-25-11-9-8-10-21(25)30(36)35(29)33-16-20-13-24(32)28(27(14-20)39-6)41-19(4)31(37)40-7/h8-17,19H,1-7H3/t19-/m0/s1. The molecular weight excluding hydrogens is 637 g/mol. The lowest BCUT2D eigenvalue weighted by Gasteiger charge is -2.18. The van der Waals surface area contributed by atoms with Crippen LogP contribution in [0, 0.1) is 10.5 Å². The molecule has 0 saturated heterocycles. The van der Waals surface area contributed by atoms with Gasteiger partial charge in [-0.15, -0.1) is 0 Å². The Bertz CT molecular complexity index is 1700. The number of ether oxygens (including phenoxy) is 4. The zero-order valence-corrected chi connectivity index (χ0v) is 26.2. The van der Waals surface area contributed by atoms with Gasteiger partial charge in [0.05, 0.1) is 42.0 Å². The Kier molecular flexibility index (Phi) is 9.31. The third kappa shape index (κ3) is 6.22. The number of hydrogen-bond donors (Lipinski definition) is 0. The molecule has 0 amide bonds. The smallest absolute Gasteiger partial charge is 0.346 e. The van der Waals surface area contributed by atoms with Gasteiger partial charge in [0.2, 0.25) is 0 Å². The fraction of sp³-hybridized carbons (Fsp3) is 0.290. The van der Waals surface area contributed by atoms with Crippen LogP contribution < -0.4 is 19.8 Å². The van der Waals surface area contributed by atoms with Crippen LogP contribution in [-0.4, -0.2) is 49.3 Å². The van der Waals surface area contributed by atoms with Crippen LogP contribution in [0.15, 0.2) is 58.4 Å². The van der Waals surface area contributed by atoms with E-state index in [1.54, 1.807) is 38.4 Å². The number of aromatic nitrogens is 2. The number of benzene rings is 3. The molecule has 0 unspecified atom stereocenters. The number of halogens is 1. The maximum absolute atomic E-state index is 13.7. The number of para-hydroxylation sites is 1. The third-order valence-electron chi connectivity index (χ3n) is 6.60. The van der Waals surface area contributed by atoms with Crippen LogP contribution in [-0.2, 0) is 9.53 Å². The van der Waals surface area contributed by atoms with Crippen LogP contribution >= 0.6 is 22.6 Å². The second-order valence-electron chi connectivity index (χ2n) is 9.70. The first-order valence-electron chi connectivity index (χ1n) is 13.0. The molecule has 0 spiro atoms. The number of methoxy groups -OCH3 is 3. The van der Waals surface area contributed by atoms with Crippen molar-refractivity contribution in [3.8, 4) is 28.6 Å². The number of nitrogens with zero attached hydrogens (tertiary/aromatic N) is 3. The van der Waals surface area contributed by atoms with Crippen molar-refractivity contribution in [2.24, 2.45) is 5.10 Å². The Labute approximate surface area is 252 Å². The molecule has 0 aliphatic heterocycles. The molecule has 0 radical (unpaired) electrons. The highest BCUT2D eigenvalue weighted by molar-refractivity contribution is 14.1. The van der Waals surface area contributed by atoms with E-state index in [9.17, 15) is 9.59 Å². The molecule has 0 aliphatic carbocycles. The molecule has 0 saturated carbocycles. The average molecular weight is 670 g/mol. The highest BCUT2D eigenvalue weighted by atomic mass is 127. The van der Waals surface area contributed by atoms with Gasteiger partial charge in [-0.25, -0.2) is 9.78 Å². The highest BCUT2D eigenvalue weighted by Gasteiger charge is 2.21. The SMILES string of the molecule is COC(=O)[C@H](C)Oc1c(I)cc(C=Nn2c(-c3cc(C(C)C)c(OC)cc3C)nc3ccccc3c2=O)cc1OC. The van der Waals surface area contributed by atoms with Gasteiger partial charge in [-0.2, -0.15) is 9.78 Å². The molecule has 4 aromatic rings. The number of carbonyl (C=O) groups is 1. The van der Waals surface area contributed by atoms with E-state index < -0.39 is 12.1 Å². The van der Waals surface area contributed by atoms with Gasteiger partial charge in [-0.1, -0.05) is 26.0 Å². The topological polar surface area (TPSA) is 101 Å². The Balaban J connectivity index is 1.88. The lowest BCUT2D eigenvalue weighted by molar-refractivity contribution is -0.148. The zero-order valence-electron chi connectivity index (χ0n) is 24.0. The van der Waals surface area contributed by atoms with E-state index >= 15 is 0 Å². The van der Waals surface area contributed by atoms with Gasteiger partial charge in [0.15, 0.2) is 23.4 Å². The van der Waals surface area contributed by atoms with Gasteiger partial charge >= 0.3 is 5.97 Å². The summed E-state index contributed by atoms with van der Waals surface area (Å²) in [6, 6.07) is 14.7. The molecular formula is C31H32IN3O6. The predicted molar refractivity (Wildman–Crippen MR) is 168 cm³/mol. The quantitative estimate of drug-likeness (QED) is 0.124. The summed E-state index contributed by atoms with van der Waals surface area (Å²) in [7, 11) is 4.46. The molecule has 1 atom stereocenters. The van der Waals surface area contributed by atoms with Crippen molar-refractivity contribution in [2.75, 3.05) is 21.3 Å². The van der Waals surface area contributed by atoms with Gasteiger partial charge in [0.25, 0.3) is 5.56 Å². The molecule has 3 aromatic carbocycles. The van der Waals surface area contributed by atoms with Crippen LogP contribution in [0.4, 0.5) is 0 Å². The Hall–Kier alpha value is -3.93. The largest absolute Gasteiger partial charge is 0.496 e. The first kappa shape index (κ1) is 30.0. The van der Waals surface area contributed by atoms with Gasteiger partial charge in [0, 0.05) is 5.56 Å². The number of aryl methyl sites for hydroxylation is 1.